The van der Waals surface area contributed by atoms with Crippen molar-refractivity contribution >= 4 is 99.3 Å². The Morgan fingerprint density at radius 3 is 0.600 bits per heavy atom. The van der Waals surface area contributed by atoms with Crippen LogP contribution < -0.4 is 0 Å². The molecule has 0 aromatic carbocycles. The molecule has 0 aliphatic rings. The van der Waals surface area contributed by atoms with Gasteiger partial charge in [0.2, 0.25) is 0 Å². The van der Waals surface area contributed by atoms with Crippen LogP contribution in [0.4, 0.5) is 0 Å². The van der Waals surface area contributed by atoms with Gasteiger partial charge in [0.25, 0.3) is 0 Å². The molecule has 0 unspecified atom stereocenters. The molecule has 0 N–H and O–H groups in total. The van der Waals surface area contributed by atoms with Gasteiger partial charge in [0.1, 0.15) is 0 Å². The van der Waals surface area contributed by atoms with Crippen molar-refractivity contribution in [1.82, 2.24) is 0 Å². The van der Waals surface area contributed by atoms with Crippen LogP contribution in [-0.4, -0.2) is 51.4 Å². The summed E-state index contributed by atoms with van der Waals surface area (Å²) in [7, 11) is 0. The van der Waals surface area contributed by atoms with Gasteiger partial charge in [-0.15, -0.1) is 48.0 Å². The van der Waals surface area contributed by atoms with Crippen molar-refractivity contribution in [3.05, 3.63) is 0 Å². The number of hydrogen-bond donors (Lipinski definition) is 0. The average molecular weight is 512 g/mol. The zero-order valence-electron chi connectivity index (χ0n) is 1.42. The second-order valence-electron chi connectivity index (χ2n) is 0. The van der Waals surface area contributed by atoms with Crippen molar-refractivity contribution in [2.75, 3.05) is 0 Å². The van der Waals surface area contributed by atoms with E-state index in [1.807, 2.05) is 0 Å². The van der Waals surface area contributed by atoms with Crippen molar-refractivity contribution in [1.29, 1.82) is 0 Å². The van der Waals surface area contributed by atoms with Gasteiger partial charge >= 0.3 is 51.4 Å². The third-order valence-electron chi connectivity index (χ3n) is 0. The van der Waals surface area contributed by atoms with Crippen LogP contribution in [0.25, 0.3) is 0 Å². The van der Waals surface area contributed by atoms with Crippen molar-refractivity contribution in [2.24, 2.45) is 0 Å². The molecule has 0 saturated carbocycles. The molecular weight excluding hydrogens is 509 g/mol. The quantitative estimate of drug-likeness (QED) is 0.330. The Balaban J connectivity index is 0. The van der Waals surface area contributed by atoms with E-state index in [0.717, 1.165) is 0 Å². The predicted octanol–water partition coefficient (Wildman–Crippen LogP) is 0.583. The Kier molecular flexibility index (Phi) is 158. The first-order chi connectivity index (χ1) is 0. The second kappa shape index (κ2) is 23.5. The molecule has 0 atom stereocenters. The molecule has 0 fully saturated rings. The van der Waals surface area contributed by atoms with Crippen LogP contribution in [-0.2, 0) is 44.8 Å². The summed E-state index contributed by atoms with van der Waals surface area (Å²) in [6, 6.07) is 0. The van der Waals surface area contributed by atoms with E-state index < -0.39 is 0 Å². The van der Waals surface area contributed by atoms with E-state index in [-0.39, 0.29) is 144 Å². The summed E-state index contributed by atoms with van der Waals surface area (Å²) >= 11 is 0. The average Bonchev–Trinajstić information content (AvgIpc) is 0. The van der Waals surface area contributed by atoms with E-state index in [1.165, 1.54) is 0 Å². The van der Waals surface area contributed by atoms with E-state index in [4.69, 9.17) is 0 Å². The first-order valence-corrected chi connectivity index (χ1v) is 0. The van der Waals surface area contributed by atoms with Crippen LogP contribution in [0, 0.1) is 0 Å². The van der Waals surface area contributed by atoms with Gasteiger partial charge in [-0.2, -0.15) is 0 Å². The first-order valence-electron chi connectivity index (χ1n) is 0. The van der Waals surface area contributed by atoms with Gasteiger partial charge in [0.15, 0.2) is 0 Å². The molecule has 0 nitrogen and oxygen atoms in total. The molecule has 2 radical (unpaired) electrons. The summed E-state index contributed by atoms with van der Waals surface area (Å²) in [6.07, 6.45) is 0. The monoisotopic (exact) mass is 510 g/mol. The van der Waals surface area contributed by atoms with Gasteiger partial charge in [-0.3, -0.25) is 0 Å². The molecule has 5 heavy (non-hydrogen) atoms. The molecule has 0 spiro atoms. The Labute approximate surface area is 140 Å². The summed E-state index contributed by atoms with van der Waals surface area (Å²) in [5.74, 6) is 0. The van der Waals surface area contributed by atoms with E-state index in [1.54, 1.807) is 0 Å². The minimum absolute atomic E-state index is 0. The van der Waals surface area contributed by atoms with Crippen LogP contribution in [0.2, 0.25) is 0 Å². The molecule has 0 amide bonds. The molecule has 0 heterocycles. The molecule has 40 valence electrons. The minimum atomic E-state index is 0. The van der Waals surface area contributed by atoms with Gasteiger partial charge in [-0.05, 0) is 0 Å². The van der Waals surface area contributed by atoms with E-state index >= 15 is 0 Å². The fraction of sp³-hybridized carbons (Fsp3) is 0. The summed E-state index contributed by atoms with van der Waals surface area (Å²) in [5, 5.41) is 0. The summed E-state index contributed by atoms with van der Waals surface area (Å²) in [5.41, 5.74) is 0. The number of rotatable bonds is 0. The van der Waals surface area contributed by atoms with E-state index in [2.05, 4.69) is 0 Å². The number of hydrogen-bond acceptors (Lipinski definition) is 0. The van der Waals surface area contributed by atoms with Gasteiger partial charge in [-0.1, -0.05) is 0 Å². The predicted molar refractivity (Wildman–Crippen MR) is 38.0 cm³/mol. The van der Waals surface area contributed by atoms with E-state index in [0.29, 0.717) is 0 Å². The maximum atomic E-state index is 0. The van der Waals surface area contributed by atoms with Crippen LogP contribution in [0.5, 0.6) is 0 Å². The third-order valence-corrected chi connectivity index (χ3v) is 0. The molecule has 0 aromatic heterocycles. The van der Waals surface area contributed by atoms with Crippen LogP contribution in [0.3, 0.4) is 0 Å². The Morgan fingerprint density at radius 2 is 0.600 bits per heavy atom. The topological polar surface area (TPSA) is 0 Å². The maximum absolute atomic E-state index is 0. The molecule has 0 aromatic rings. The summed E-state index contributed by atoms with van der Waals surface area (Å²) in [6.45, 7) is 0. The molecule has 0 rings (SSSR count). The van der Waals surface area contributed by atoms with Crippen molar-refractivity contribution < 1.29 is 44.8 Å². The first kappa shape index (κ1) is 33.6. The Morgan fingerprint density at radius 1 is 0.600 bits per heavy atom. The fourth-order valence-electron chi connectivity index (χ4n) is 0. The molecule has 5 heteroatoms. The van der Waals surface area contributed by atoms with E-state index in [9.17, 15) is 0 Å². The number of halogens is 2. The zero-order chi connectivity index (χ0) is 0. The van der Waals surface area contributed by atoms with Crippen molar-refractivity contribution in [2.45, 2.75) is 0 Å². The third kappa shape index (κ3) is 17.7. The SMILES string of the molecule is I.I.[Ag].[Ag].[KH]. The van der Waals surface area contributed by atoms with Crippen LogP contribution >= 0.6 is 48.0 Å². The molecule has 0 saturated heterocycles. The van der Waals surface area contributed by atoms with Gasteiger partial charge < -0.3 is 0 Å². The van der Waals surface area contributed by atoms with Crippen LogP contribution in [0.15, 0.2) is 0 Å². The summed E-state index contributed by atoms with van der Waals surface area (Å²) in [4.78, 5) is 0. The fourth-order valence-corrected chi connectivity index (χ4v) is 0. The molecule has 0 aliphatic carbocycles. The second-order valence-corrected chi connectivity index (χ2v) is 0. The van der Waals surface area contributed by atoms with Crippen molar-refractivity contribution in [3.8, 4) is 0 Å². The molecular formula is H3Ag2I2K. The van der Waals surface area contributed by atoms with Gasteiger partial charge in [0.05, 0.1) is 0 Å². The Hall–Kier alpha value is 4.58. The van der Waals surface area contributed by atoms with Gasteiger partial charge in [-0.25, -0.2) is 0 Å². The molecule has 0 aliphatic heterocycles. The Bertz CT molecular complexity index is 7.61. The van der Waals surface area contributed by atoms with Gasteiger partial charge in [0, 0.05) is 44.8 Å². The van der Waals surface area contributed by atoms with Crippen molar-refractivity contribution in [3.63, 3.8) is 0 Å². The standard InChI is InChI=1S/2Ag.2HI.K.H/h;;2*1H;;. The zero-order valence-corrected chi connectivity index (χ0v) is 9.04. The normalized spacial score (nSPS) is 0. The summed E-state index contributed by atoms with van der Waals surface area (Å²) < 4.78 is 0. The van der Waals surface area contributed by atoms with Crippen LogP contribution in [0.1, 0.15) is 0 Å². The molecule has 0 bridgehead atoms.